The van der Waals surface area contributed by atoms with Gasteiger partial charge in [0.2, 0.25) is 11.9 Å². The summed E-state index contributed by atoms with van der Waals surface area (Å²) in [6.45, 7) is 2.06. The molecule has 0 fully saturated rings. The summed E-state index contributed by atoms with van der Waals surface area (Å²) in [6, 6.07) is 6.43. The summed E-state index contributed by atoms with van der Waals surface area (Å²) in [4.78, 5) is 16.0. The second-order valence-electron chi connectivity index (χ2n) is 8.36. The first-order valence-electron chi connectivity index (χ1n) is 10.8. The largest absolute Gasteiger partial charge is 0.368 e. The lowest BCUT2D eigenvalue weighted by molar-refractivity contribution is 0.313. The van der Waals surface area contributed by atoms with Crippen LogP contribution >= 0.6 is 0 Å². The van der Waals surface area contributed by atoms with Crippen LogP contribution in [0.3, 0.4) is 0 Å². The van der Waals surface area contributed by atoms with Crippen molar-refractivity contribution >= 4 is 17.6 Å². The topological polar surface area (TPSA) is 97.8 Å². The zero-order valence-corrected chi connectivity index (χ0v) is 17.4. The third-order valence-electron chi connectivity index (χ3n) is 6.04. The van der Waals surface area contributed by atoms with E-state index in [9.17, 15) is 0 Å². The van der Waals surface area contributed by atoms with Crippen molar-refractivity contribution in [2.24, 2.45) is 0 Å². The fourth-order valence-electron chi connectivity index (χ4n) is 4.35. The lowest BCUT2D eigenvalue weighted by Gasteiger charge is -2.25. The molecule has 0 spiro atoms. The normalized spacial score (nSPS) is 17.0. The molecule has 1 aliphatic carbocycles. The maximum Gasteiger partial charge on any atom is 0.254 e. The van der Waals surface area contributed by atoms with E-state index in [0.29, 0.717) is 11.9 Å². The molecular formula is C22H28N8. The highest BCUT2D eigenvalue weighted by atomic mass is 15.5. The molecule has 1 aliphatic heterocycles. The average molecular weight is 405 g/mol. The number of hydrogen-bond donors (Lipinski definition) is 2. The van der Waals surface area contributed by atoms with Gasteiger partial charge in [0.25, 0.3) is 5.95 Å². The Bertz CT molecular complexity index is 1060. The van der Waals surface area contributed by atoms with Crippen LogP contribution in [0.4, 0.5) is 17.6 Å². The molecule has 0 saturated carbocycles. The summed E-state index contributed by atoms with van der Waals surface area (Å²) in [7, 11) is 2.15. The molecule has 1 aromatic carbocycles. The SMILES string of the molecule is CN1CCc2ccc(Nc3nc(N)n(-c4ncc5c(n4)CCCCCC5)n3)cc2C1. The minimum Gasteiger partial charge on any atom is -0.368 e. The highest BCUT2D eigenvalue weighted by Crippen LogP contribution is 2.24. The standard InChI is InChI=1S/C22H28N8/c1-29-11-10-15-8-9-18(12-17(15)14-29)25-21-27-20(23)30(28-21)22-24-13-16-6-4-2-3-5-7-19(16)26-22/h8-9,12-13H,2-7,10-11,14H2,1H3,(H3,23,25,27,28). The van der Waals surface area contributed by atoms with Crippen molar-refractivity contribution in [2.75, 3.05) is 24.6 Å². The van der Waals surface area contributed by atoms with E-state index >= 15 is 0 Å². The monoisotopic (exact) mass is 404 g/mol. The van der Waals surface area contributed by atoms with E-state index in [1.165, 1.54) is 40.6 Å². The Morgan fingerprint density at radius 3 is 2.73 bits per heavy atom. The summed E-state index contributed by atoms with van der Waals surface area (Å²) < 4.78 is 1.52. The number of aromatic nitrogens is 5. The molecule has 2 aliphatic rings. The van der Waals surface area contributed by atoms with E-state index in [1.54, 1.807) is 0 Å². The van der Waals surface area contributed by atoms with Crippen LogP contribution < -0.4 is 11.1 Å². The summed E-state index contributed by atoms with van der Waals surface area (Å²) in [5.41, 5.74) is 12.2. The fourth-order valence-corrected chi connectivity index (χ4v) is 4.35. The molecule has 3 heterocycles. The minimum absolute atomic E-state index is 0.279. The second-order valence-corrected chi connectivity index (χ2v) is 8.36. The molecule has 0 atom stereocenters. The number of likely N-dealkylation sites (N-methyl/N-ethyl adjacent to an activating group) is 1. The van der Waals surface area contributed by atoms with Gasteiger partial charge in [-0.15, -0.1) is 5.10 Å². The van der Waals surface area contributed by atoms with Gasteiger partial charge in [0.05, 0.1) is 0 Å². The second kappa shape index (κ2) is 8.02. The van der Waals surface area contributed by atoms with E-state index in [2.05, 4.69) is 50.5 Å². The maximum absolute atomic E-state index is 6.15. The van der Waals surface area contributed by atoms with Gasteiger partial charge in [-0.05, 0) is 68.0 Å². The highest BCUT2D eigenvalue weighted by molar-refractivity contribution is 5.57. The van der Waals surface area contributed by atoms with Gasteiger partial charge >= 0.3 is 0 Å². The number of nitrogens with one attached hydrogen (secondary N) is 1. The van der Waals surface area contributed by atoms with Crippen LogP contribution in [-0.2, 0) is 25.8 Å². The van der Waals surface area contributed by atoms with Gasteiger partial charge in [-0.25, -0.2) is 9.97 Å². The van der Waals surface area contributed by atoms with Crippen LogP contribution in [0.25, 0.3) is 5.95 Å². The van der Waals surface area contributed by atoms with Crippen LogP contribution in [0.2, 0.25) is 0 Å². The van der Waals surface area contributed by atoms with Gasteiger partial charge in [-0.2, -0.15) is 9.67 Å². The van der Waals surface area contributed by atoms with E-state index in [4.69, 9.17) is 10.7 Å². The number of rotatable bonds is 3. The first kappa shape index (κ1) is 19.0. The van der Waals surface area contributed by atoms with Crippen molar-refractivity contribution in [1.29, 1.82) is 0 Å². The predicted octanol–water partition coefficient (Wildman–Crippen LogP) is 3.03. The lowest BCUT2D eigenvalue weighted by atomic mass is 9.98. The molecule has 0 radical (unpaired) electrons. The van der Waals surface area contributed by atoms with E-state index in [1.807, 2.05) is 6.20 Å². The molecule has 3 aromatic rings. The van der Waals surface area contributed by atoms with Crippen molar-refractivity contribution in [2.45, 2.75) is 51.5 Å². The van der Waals surface area contributed by atoms with E-state index in [0.717, 1.165) is 50.2 Å². The maximum atomic E-state index is 6.15. The lowest BCUT2D eigenvalue weighted by Crippen LogP contribution is -2.26. The van der Waals surface area contributed by atoms with Crippen molar-refractivity contribution in [1.82, 2.24) is 29.6 Å². The van der Waals surface area contributed by atoms with Crippen LogP contribution in [0, 0.1) is 0 Å². The Kier molecular flexibility index (Phi) is 5.08. The molecule has 5 rings (SSSR count). The molecule has 2 aromatic heterocycles. The van der Waals surface area contributed by atoms with Gasteiger partial charge in [0, 0.05) is 30.7 Å². The molecule has 3 N–H and O–H groups in total. The summed E-state index contributed by atoms with van der Waals surface area (Å²) in [5.74, 6) is 1.22. The molecular weight excluding hydrogens is 376 g/mol. The van der Waals surface area contributed by atoms with Gasteiger partial charge in [0.1, 0.15) is 0 Å². The van der Waals surface area contributed by atoms with Gasteiger partial charge in [-0.1, -0.05) is 18.9 Å². The Labute approximate surface area is 176 Å². The number of nitrogen functional groups attached to an aromatic ring is 1. The summed E-state index contributed by atoms with van der Waals surface area (Å²) in [6.07, 6.45) is 9.94. The van der Waals surface area contributed by atoms with Crippen molar-refractivity contribution < 1.29 is 0 Å². The van der Waals surface area contributed by atoms with Crippen LogP contribution in [0.1, 0.15) is 48.1 Å². The van der Waals surface area contributed by atoms with Crippen molar-refractivity contribution in [3.63, 3.8) is 0 Å². The predicted molar refractivity (Wildman–Crippen MR) is 117 cm³/mol. The Balaban J connectivity index is 1.39. The minimum atomic E-state index is 0.279. The van der Waals surface area contributed by atoms with Crippen molar-refractivity contribution in [3.8, 4) is 5.95 Å². The summed E-state index contributed by atoms with van der Waals surface area (Å²) >= 11 is 0. The zero-order valence-electron chi connectivity index (χ0n) is 17.4. The number of hydrogen-bond acceptors (Lipinski definition) is 7. The highest BCUT2D eigenvalue weighted by Gasteiger charge is 2.17. The molecule has 0 amide bonds. The Morgan fingerprint density at radius 2 is 1.83 bits per heavy atom. The smallest absolute Gasteiger partial charge is 0.254 e. The number of nitrogens with zero attached hydrogens (tertiary/aromatic N) is 6. The first-order chi connectivity index (χ1) is 14.7. The van der Waals surface area contributed by atoms with Gasteiger partial charge in [0.15, 0.2) is 0 Å². The zero-order chi connectivity index (χ0) is 20.5. The third kappa shape index (κ3) is 3.87. The van der Waals surface area contributed by atoms with Gasteiger partial charge in [-0.3, -0.25) is 0 Å². The number of benzene rings is 1. The average Bonchev–Trinajstić information content (AvgIpc) is 3.08. The molecule has 0 bridgehead atoms. The molecule has 8 nitrogen and oxygen atoms in total. The molecule has 8 heteroatoms. The third-order valence-corrected chi connectivity index (χ3v) is 6.04. The Morgan fingerprint density at radius 1 is 0.967 bits per heavy atom. The first-order valence-corrected chi connectivity index (χ1v) is 10.8. The van der Waals surface area contributed by atoms with Crippen LogP contribution in [-0.4, -0.2) is 43.2 Å². The number of anilines is 3. The van der Waals surface area contributed by atoms with Crippen LogP contribution in [0.5, 0.6) is 0 Å². The fraction of sp³-hybridized carbons (Fsp3) is 0.455. The number of fused-ring (bicyclic) bond motifs is 2. The molecule has 0 unspecified atom stereocenters. The Hall–Kier alpha value is -3.00. The van der Waals surface area contributed by atoms with E-state index in [-0.39, 0.29) is 5.95 Å². The quantitative estimate of drug-likeness (QED) is 0.692. The van der Waals surface area contributed by atoms with Crippen LogP contribution in [0.15, 0.2) is 24.4 Å². The number of aryl methyl sites for hydroxylation is 2. The van der Waals surface area contributed by atoms with E-state index < -0.39 is 0 Å². The molecule has 156 valence electrons. The molecule has 30 heavy (non-hydrogen) atoms. The number of nitrogens with two attached hydrogens (primary N) is 1. The molecule has 0 saturated heterocycles. The van der Waals surface area contributed by atoms with Crippen molar-refractivity contribution in [3.05, 3.63) is 46.8 Å². The van der Waals surface area contributed by atoms with Gasteiger partial charge < -0.3 is 16.0 Å². The summed E-state index contributed by atoms with van der Waals surface area (Å²) in [5, 5.41) is 7.81.